The van der Waals surface area contributed by atoms with E-state index in [0.29, 0.717) is 30.3 Å². The molecule has 0 radical (unpaired) electrons. The zero-order valence-corrected chi connectivity index (χ0v) is 17.5. The summed E-state index contributed by atoms with van der Waals surface area (Å²) in [5.74, 6) is 0.547. The lowest BCUT2D eigenvalue weighted by atomic mass is 9.95. The number of hydrogen-bond acceptors (Lipinski definition) is 7. The van der Waals surface area contributed by atoms with Gasteiger partial charge in [-0.05, 0) is 58.4 Å². The van der Waals surface area contributed by atoms with Crippen LogP contribution >= 0.6 is 11.3 Å². The van der Waals surface area contributed by atoms with Gasteiger partial charge in [0.05, 0.1) is 22.8 Å². The van der Waals surface area contributed by atoms with Crippen molar-refractivity contribution in [2.75, 3.05) is 18.0 Å². The second-order valence-corrected chi connectivity index (χ2v) is 8.97. The van der Waals surface area contributed by atoms with Crippen LogP contribution in [0.5, 0.6) is 0 Å². The Morgan fingerprint density at radius 2 is 1.93 bits per heavy atom. The first-order valence-electron chi connectivity index (χ1n) is 9.96. The molecule has 0 bridgehead atoms. The SMILES string of the molecule is Cc1nc(C)c(C(=O)N[C@@H]2CN(c3nc(C)c4c(n3)CCCC4)CC[C@H]2O)s1. The van der Waals surface area contributed by atoms with Gasteiger partial charge in [0.2, 0.25) is 5.95 Å². The standard InChI is InChI=1S/C20H27N5O2S/c1-11-14-6-4-5-7-15(14)24-20(22-11)25-9-8-17(26)16(10-25)23-19(27)18-12(2)21-13(3)28-18/h16-17,26H,4-10H2,1-3H3,(H,23,27)/t16-,17-/m1/s1. The molecule has 2 N–H and O–H groups in total. The summed E-state index contributed by atoms with van der Waals surface area (Å²) in [6.45, 7) is 6.97. The number of hydrogen-bond donors (Lipinski definition) is 2. The van der Waals surface area contributed by atoms with E-state index in [9.17, 15) is 9.90 Å². The lowest BCUT2D eigenvalue weighted by Gasteiger charge is -2.37. The van der Waals surface area contributed by atoms with Crippen LogP contribution in [0.25, 0.3) is 0 Å². The van der Waals surface area contributed by atoms with Crippen molar-refractivity contribution in [3.05, 3.63) is 32.5 Å². The van der Waals surface area contributed by atoms with E-state index in [2.05, 4.69) is 22.1 Å². The van der Waals surface area contributed by atoms with Gasteiger partial charge in [-0.25, -0.2) is 15.0 Å². The van der Waals surface area contributed by atoms with Crippen LogP contribution in [-0.4, -0.2) is 51.2 Å². The zero-order chi connectivity index (χ0) is 19.8. The second-order valence-electron chi connectivity index (χ2n) is 7.77. The van der Waals surface area contributed by atoms with Crippen molar-refractivity contribution >= 4 is 23.2 Å². The molecule has 28 heavy (non-hydrogen) atoms. The Balaban J connectivity index is 1.51. The Morgan fingerprint density at radius 1 is 1.14 bits per heavy atom. The minimum Gasteiger partial charge on any atom is -0.391 e. The number of nitrogens with zero attached hydrogens (tertiary/aromatic N) is 4. The predicted molar refractivity (Wildman–Crippen MR) is 109 cm³/mol. The molecule has 1 aliphatic carbocycles. The maximum atomic E-state index is 12.7. The molecule has 8 heteroatoms. The first-order chi connectivity index (χ1) is 13.4. The summed E-state index contributed by atoms with van der Waals surface area (Å²) in [5, 5.41) is 14.3. The number of piperidine rings is 1. The summed E-state index contributed by atoms with van der Waals surface area (Å²) in [7, 11) is 0. The number of thiazole rings is 1. The second kappa shape index (κ2) is 7.75. The van der Waals surface area contributed by atoms with Crippen LogP contribution in [0.4, 0.5) is 5.95 Å². The van der Waals surface area contributed by atoms with Crippen LogP contribution in [0.15, 0.2) is 0 Å². The molecule has 2 aromatic heterocycles. The van der Waals surface area contributed by atoms with Gasteiger partial charge < -0.3 is 15.3 Å². The molecule has 1 saturated heterocycles. The number of carbonyl (C=O) groups is 1. The van der Waals surface area contributed by atoms with Crippen LogP contribution in [0.1, 0.15) is 56.6 Å². The number of carbonyl (C=O) groups excluding carboxylic acids is 1. The summed E-state index contributed by atoms with van der Waals surface area (Å²) >= 11 is 1.38. The number of rotatable bonds is 3. The number of aliphatic hydroxyl groups excluding tert-OH is 1. The van der Waals surface area contributed by atoms with Gasteiger partial charge in [-0.15, -0.1) is 11.3 Å². The molecular formula is C20H27N5O2S. The fourth-order valence-electron chi connectivity index (χ4n) is 4.15. The van der Waals surface area contributed by atoms with E-state index in [0.717, 1.165) is 34.9 Å². The first-order valence-corrected chi connectivity index (χ1v) is 10.8. The van der Waals surface area contributed by atoms with E-state index in [1.165, 1.54) is 29.7 Å². The van der Waals surface area contributed by atoms with Crippen LogP contribution in [0.2, 0.25) is 0 Å². The number of aliphatic hydroxyl groups is 1. The quantitative estimate of drug-likeness (QED) is 0.819. The third kappa shape index (κ3) is 3.75. The van der Waals surface area contributed by atoms with E-state index in [1.54, 1.807) is 0 Å². The van der Waals surface area contributed by atoms with Gasteiger partial charge in [-0.3, -0.25) is 4.79 Å². The summed E-state index contributed by atoms with van der Waals surface area (Å²) in [6.07, 6.45) is 4.45. The summed E-state index contributed by atoms with van der Waals surface area (Å²) < 4.78 is 0. The Morgan fingerprint density at radius 3 is 2.68 bits per heavy atom. The van der Waals surface area contributed by atoms with E-state index < -0.39 is 6.10 Å². The van der Waals surface area contributed by atoms with Crippen LogP contribution in [0.3, 0.4) is 0 Å². The molecule has 2 aromatic rings. The van der Waals surface area contributed by atoms with Gasteiger partial charge in [0.15, 0.2) is 0 Å². The first kappa shape index (κ1) is 19.3. The number of amides is 1. The van der Waals surface area contributed by atoms with Gasteiger partial charge in [0, 0.05) is 24.5 Å². The Labute approximate surface area is 169 Å². The smallest absolute Gasteiger partial charge is 0.263 e. The molecule has 4 rings (SSSR count). The summed E-state index contributed by atoms with van der Waals surface area (Å²) in [4.78, 5) is 29.3. The number of anilines is 1. The van der Waals surface area contributed by atoms with E-state index >= 15 is 0 Å². The van der Waals surface area contributed by atoms with E-state index in [4.69, 9.17) is 9.97 Å². The van der Waals surface area contributed by atoms with Gasteiger partial charge in [-0.1, -0.05) is 0 Å². The molecule has 3 heterocycles. The largest absolute Gasteiger partial charge is 0.391 e. The highest BCUT2D eigenvalue weighted by Crippen LogP contribution is 2.26. The molecule has 2 atom stereocenters. The van der Waals surface area contributed by atoms with Crippen molar-refractivity contribution in [1.82, 2.24) is 20.3 Å². The van der Waals surface area contributed by atoms with Crippen LogP contribution < -0.4 is 10.2 Å². The lowest BCUT2D eigenvalue weighted by molar-refractivity contribution is 0.0787. The Hall–Kier alpha value is -2.06. The van der Waals surface area contributed by atoms with Crippen molar-refractivity contribution in [2.24, 2.45) is 0 Å². The van der Waals surface area contributed by atoms with Crippen LogP contribution in [-0.2, 0) is 12.8 Å². The molecule has 1 amide bonds. The number of aryl methyl sites for hydroxylation is 4. The third-order valence-corrected chi connectivity index (χ3v) is 6.74. The van der Waals surface area contributed by atoms with Crippen molar-refractivity contribution < 1.29 is 9.90 Å². The average molecular weight is 402 g/mol. The molecular weight excluding hydrogens is 374 g/mol. The predicted octanol–water partition coefficient (Wildman–Crippen LogP) is 2.11. The topological polar surface area (TPSA) is 91.2 Å². The number of fused-ring (bicyclic) bond motifs is 1. The Kier molecular flexibility index (Phi) is 5.33. The number of aromatic nitrogens is 3. The molecule has 150 valence electrons. The van der Waals surface area contributed by atoms with Crippen molar-refractivity contribution in [2.45, 2.75) is 65.0 Å². The minimum atomic E-state index is -0.576. The van der Waals surface area contributed by atoms with Gasteiger partial charge in [0.25, 0.3) is 5.91 Å². The lowest BCUT2D eigenvalue weighted by Crippen LogP contribution is -2.55. The molecule has 0 saturated carbocycles. The molecule has 1 fully saturated rings. The minimum absolute atomic E-state index is 0.170. The van der Waals surface area contributed by atoms with Gasteiger partial charge >= 0.3 is 0 Å². The summed E-state index contributed by atoms with van der Waals surface area (Å²) in [5.41, 5.74) is 4.25. The fourth-order valence-corrected chi connectivity index (χ4v) is 4.97. The highest BCUT2D eigenvalue weighted by molar-refractivity contribution is 7.13. The molecule has 2 aliphatic rings. The zero-order valence-electron chi connectivity index (χ0n) is 16.7. The molecule has 0 aromatic carbocycles. The van der Waals surface area contributed by atoms with E-state index in [1.807, 2.05) is 13.8 Å². The van der Waals surface area contributed by atoms with Crippen LogP contribution in [0, 0.1) is 20.8 Å². The van der Waals surface area contributed by atoms with Crippen molar-refractivity contribution in [3.63, 3.8) is 0 Å². The van der Waals surface area contributed by atoms with E-state index in [-0.39, 0.29) is 11.9 Å². The monoisotopic (exact) mass is 401 g/mol. The molecule has 0 unspecified atom stereocenters. The highest BCUT2D eigenvalue weighted by Gasteiger charge is 2.32. The van der Waals surface area contributed by atoms with Crippen molar-refractivity contribution in [3.8, 4) is 0 Å². The maximum absolute atomic E-state index is 12.7. The normalized spacial score (nSPS) is 22.1. The third-order valence-electron chi connectivity index (χ3n) is 5.66. The number of nitrogens with one attached hydrogen (secondary N) is 1. The molecule has 7 nitrogen and oxygen atoms in total. The van der Waals surface area contributed by atoms with Gasteiger partial charge in [0.1, 0.15) is 4.88 Å². The highest BCUT2D eigenvalue weighted by atomic mass is 32.1. The Bertz CT molecular complexity index is 897. The maximum Gasteiger partial charge on any atom is 0.263 e. The van der Waals surface area contributed by atoms with Crippen molar-refractivity contribution in [1.29, 1.82) is 0 Å². The average Bonchev–Trinajstić information content (AvgIpc) is 3.01. The molecule has 1 aliphatic heterocycles. The fraction of sp³-hybridized carbons (Fsp3) is 0.600. The molecule has 0 spiro atoms. The summed E-state index contributed by atoms with van der Waals surface area (Å²) in [6, 6.07) is -0.358. The van der Waals surface area contributed by atoms with Gasteiger partial charge in [-0.2, -0.15) is 0 Å².